The van der Waals surface area contributed by atoms with Crippen molar-refractivity contribution in [2.75, 3.05) is 11.9 Å². The second-order valence-corrected chi connectivity index (χ2v) is 8.13. The van der Waals surface area contributed by atoms with E-state index < -0.39 is 41.8 Å². The number of alkyl halides is 3. The van der Waals surface area contributed by atoms with Crippen molar-refractivity contribution in [2.45, 2.75) is 32.2 Å². The molecular weight excluding hydrogens is 504 g/mol. The van der Waals surface area contributed by atoms with Gasteiger partial charge in [-0.15, -0.1) is 0 Å². The van der Waals surface area contributed by atoms with Crippen molar-refractivity contribution in [3.05, 3.63) is 63.6 Å². The summed E-state index contributed by atoms with van der Waals surface area (Å²) in [5.41, 5.74) is 5.23. The minimum Gasteiger partial charge on any atom is -0.340 e. The lowest BCUT2D eigenvalue weighted by Crippen LogP contribution is -2.58. The van der Waals surface area contributed by atoms with Crippen LogP contribution in [0, 0.1) is 17.6 Å². The van der Waals surface area contributed by atoms with E-state index >= 15 is 0 Å². The molecule has 0 aliphatic carbocycles. The molecule has 0 saturated heterocycles. The van der Waals surface area contributed by atoms with Crippen LogP contribution in [0.1, 0.15) is 24.2 Å². The highest BCUT2D eigenvalue weighted by molar-refractivity contribution is 6.31. The summed E-state index contributed by atoms with van der Waals surface area (Å²) in [6.45, 7) is 3.15. The summed E-state index contributed by atoms with van der Waals surface area (Å²) < 4.78 is 67.1. The lowest BCUT2D eigenvalue weighted by atomic mass is 9.98. The lowest BCUT2D eigenvalue weighted by Gasteiger charge is -2.32. The highest BCUT2D eigenvalue weighted by atomic mass is 35.5. The van der Waals surface area contributed by atoms with Gasteiger partial charge in [0.25, 0.3) is 5.91 Å². The monoisotopic (exact) mass is 525 g/mol. The Morgan fingerprint density at radius 3 is 2.38 bits per heavy atom. The second-order valence-electron chi connectivity index (χ2n) is 7.28. The van der Waals surface area contributed by atoms with Gasteiger partial charge in [0.1, 0.15) is 17.7 Å². The maximum atomic E-state index is 13.8. The van der Waals surface area contributed by atoms with E-state index in [1.165, 1.54) is 19.1 Å². The van der Waals surface area contributed by atoms with Crippen molar-refractivity contribution in [2.24, 2.45) is 16.6 Å². The molecule has 0 saturated carbocycles. The van der Waals surface area contributed by atoms with Gasteiger partial charge < -0.3 is 16.4 Å². The predicted octanol–water partition coefficient (Wildman–Crippen LogP) is 4.93. The van der Waals surface area contributed by atoms with Gasteiger partial charge in [-0.3, -0.25) is 10.1 Å². The van der Waals surface area contributed by atoms with Crippen molar-refractivity contribution in [3.8, 4) is 0 Å². The van der Waals surface area contributed by atoms with Crippen LogP contribution in [0.3, 0.4) is 0 Å². The van der Waals surface area contributed by atoms with Gasteiger partial charge in [0, 0.05) is 22.2 Å². The third-order valence-electron chi connectivity index (χ3n) is 4.69. The standard InChI is InChI=1S/C21H22Cl2F5N5O/c1-3-30-18(10(2)17(29)21(26,27)28)32-20(31-14-8-12(22)7-13(24)9-14)33-19(34)11-4-5-15(23)16(25)6-11/h4-10,17-18,30H,3,29H2,1-2H3,(H2,31,32,33,34). The SMILES string of the molecule is CCNC(N/C(=N\C(=O)c1ccc(Cl)c(F)c1)Nc1cc(F)cc(Cl)c1)C(C)C(N)C(F)(F)F. The van der Waals surface area contributed by atoms with Gasteiger partial charge >= 0.3 is 6.18 Å². The van der Waals surface area contributed by atoms with Crippen LogP contribution in [0.25, 0.3) is 0 Å². The second kappa shape index (κ2) is 11.8. The molecule has 0 bridgehead atoms. The van der Waals surface area contributed by atoms with Gasteiger partial charge in [-0.25, -0.2) is 8.78 Å². The number of rotatable bonds is 7. The van der Waals surface area contributed by atoms with Crippen molar-refractivity contribution >= 4 is 40.8 Å². The number of halogens is 7. The highest BCUT2D eigenvalue weighted by Crippen LogP contribution is 2.25. The van der Waals surface area contributed by atoms with Crippen LogP contribution in [-0.4, -0.2) is 36.8 Å². The summed E-state index contributed by atoms with van der Waals surface area (Å²) in [7, 11) is 0. The molecule has 5 N–H and O–H groups in total. The molecule has 3 atom stereocenters. The third kappa shape index (κ3) is 7.79. The Hall–Kier alpha value is -2.47. The molecule has 13 heteroatoms. The molecule has 0 aliphatic heterocycles. The summed E-state index contributed by atoms with van der Waals surface area (Å²) in [4.78, 5) is 16.5. The molecule has 2 rings (SSSR count). The minimum atomic E-state index is -4.69. The van der Waals surface area contributed by atoms with Crippen LogP contribution < -0.4 is 21.7 Å². The maximum Gasteiger partial charge on any atom is 0.404 e. The molecule has 2 aromatic carbocycles. The molecule has 0 radical (unpaired) electrons. The fraction of sp³-hybridized carbons (Fsp3) is 0.333. The third-order valence-corrected chi connectivity index (χ3v) is 5.22. The maximum absolute atomic E-state index is 13.8. The average Bonchev–Trinajstić information content (AvgIpc) is 2.72. The Kier molecular flexibility index (Phi) is 9.63. The zero-order valence-corrected chi connectivity index (χ0v) is 19.5. The number of anilines is 1. The van der Waals surface area contributed by atoms with Crippen LogP contribution >= 0.6 is 23.2 Å². The van der Waals surface area contributed by atoms with Gasteiger partial charge in [-0.2, -0.15) is 18.2 Å². The summed E-state index contributed by atoms with van der Waals surface area (Å²) in [5, 5.41) is 7.89. The van der Waals surface area contributed by atoms with Crippen LogP contribution in [0.15, 0.2) is 41.4 Å². The number of hydrogen-bond donors (Lipinski definition) is 4. The largest absolute Gasteiger partial charge is 0.404 e. The number of guanidine groups is 1. The molecule has 0 aliphatic rings. The molecule has 3 unspecified atom stereocenters. The molecule has 1 amide bonds. The van der Waals surface area contributed by atoms with Crippen LogP contribution in [-0.2, 0) is 0 Å². The Labute approximate surface area is 202 Å². The first kappa shape index (κ1) is 27.8. The van der Waals surface area contributed by atoms with Crippen molar-refractivity contribution < 1.29 is 26.7 Å². The summed E-state index contributed by atoms with van der Waals surface area (Å²) >= 11 is 11.5. The number of carbonyl (C=O) groups excluding carboxylic acids is 1. The quantitative estimate of drug-likeness (QED) is 0.178. The van der Waals surface area contributed by atoms with E-state index in [4.69, 9.17) is 28.9 Å². The van der Waals surface area contributed by atoms with Crippen LogP contribution in [0.2, 0.25) is 10.0 Å². The Morgan fingerprint density at radius 2 is 1.82 bits per heavy atom. The molecule has 6 nitrogen and oxygen atoms in total. The van der Waals surface area contributed by atoms with E-state index in [0.29, 0.717) is 0 Å². The van der Waals surface area contributed by atoms with E-state index in [-0.39, 0.29) is 33.8 Å². The first-order valence-corrected chi connectivity index (χ1v) is 10.7. The van der Waals surface area contributed by atoms with Gasteiger partial charge in [0.2, 0.25) is 5.96 Å². The fourth-order valence-electron chi connectivity index (χ4n) is 2.90. The number of nitrogens with two attached hydrogens (primary N) is 1. The lowest BCUT2D eigenvalue weighted by molar-refractivity contribution is -0.160. The summed E-state index contributed by atoms with van der Waals surface area (Å²) in [5.74, 6) is -4.11. The van der Waals surface area contributed by atoms with Gasteiger partial charge in [0.05, 0.1) is 11.2 Å². The van der Waals surface area contributed by atoms with E-state index in [1.807, 2.05) is 0 Å². The number of nitrogens with one attached hydrogen (secondary N) is 3. The molecular formula is C21H22Cl2F5N5O. The van der Waals surface area contributed by atoms with E-state index in [1.54, 1.807) is 6.92 Å². The first-order chi connectivity index (χ1) is 15.8. The summed E-state index contributed by atoms with van der Waals surface area (Å²) in [6, 6.07) is 4.38. The molecule has 0 fully saturated rings. The minimum absolute atomic E-state index is 0.0173. The van der Waals surface area contributed by atoms with Crippen molar-refractivity contribution in [1.82, 2.24) is 10.6 Å². The number of carbonyl (C=O) groups is 1. The van der Waals surface area contributed by atoms with E-state index in [9.17, 15) is 26.7 Å². The Bertz CT molecular complexity index is 1030. The fourth-order valence-corrected chi connectivity index (χ4v) is 3.23. The van der Waals surface area contributed by atoms with E-state index in [0.717, 1.165) is 24.3 Å². The van der Waals surface area contributed by atoms with E-state index in [2.05, 4.69) is 20.9 Å². The number of benzene rings is 2. The molecule has 0 aromatic heterocycles. The topological polar surface area (TPSA) is 91.5 Å². The van der Waals surface area contributed by atoms with Gasteiger partial charge in [-0.1, -0.05) is 37.0 Å². The smallest absolute Gasteiger partial charge is 0.340 e. The Balaban J connectivity index is 2.44. The number of nitrogens with zero attached hydrogens (tertiary/aromatic N) is 1. The molecule has 2 aromatic rings. The molecule has 186 valence electrons. The van der Waals surface area contributed by atoms with Gasteiger partial charge in [0.15, 0.2) is 0 Å². The molecule has 34 heavy (non-hydrogen) atoms. The molecule has 0 spiro atoms. The average molecular weight is 526 g/mol. The predicted molar refractivity (Wildman–Crippen MR) is 122 cm³/mol. The number of aliphatic imine (C=N–C) groups is 1. The van der Waals surface area contributed by atoms with Crippen LogP contribution in [0.4, 0.5) is 27.6 Å². The summed E-state index contributed by atoms with van der Waals surface area (Å²) in [6.07, 6.45) is -5.81. The number of amides is 1. The first-order valence-electron chi connectivity index (χ1n) is 9.95. The molecule has 0 heterocycles. The van der Waals surface area contributed by atoms with Gasteiger partial charge in [-0.05, 0) is 42.9 Å². The van der Waals surface area contributed by atoms with Crippen molar-refractivity contribution in [1.29, 1.82) is 0 Å². The highest BCUT2D eigenvalue weighted by Gasteiger charge is 2.43. The van der Waals surface area contributed by atoms with Crippen molar-refractivity contribution in [3.63, 3.8) is 0 Å². The van der Waals surface area contributed by atoms with Crippen LogP contribution in [0.5, 0.6) is 0 Å². The number of hydrogen-bond acceptors (Lipinski definition) is 3. The Morgan fingerprint density at radius 1 is 1.15 bits per heavy atom. The zero-order valence-electron chi connectivity index (χ0n) is 18.0. The normalized spacial score (nSPS) is 14.9. The zero-order chi connectivity index (χ0) is 25.6.